The Hall–Kier alpha value is -8.14. The van der Waals surface area contributed by atoms with Crippen LogP contribution in [-0.2, 0) is 10.8 Å². The van der Waals surface area contributed by atoms with Gasteiger partial charge >= 0.3 is 0 Å². The van der Waals surface area contributed by atoms with E-state index >= 15 is 0 Å². The maximum atomic E-state index is 6.78. The van der Waals surface area contributed by atoms with Crippen LogP contribution in [0.4, 0.5) is 17.1 Å². The van der Waals surface area contributed by atoms with Crippen molar-refractivity contribution in [3.63, 3.8) is 0 Å². The molecular formula is C62H42N2O. The van der Waals surface area contributed by atoms with E-state index in [1.807, 2.05) is 0 Å². The second-order valence-electron chi connectivity index (χ2n) is 18.4. The van der Waals surface area contributed by atoms with Gasteiger partial charge in [0.05, 0.1) is 22.1 Å². The van der Waals surface area contributed by atoms with Gasteiger partial charge in [0.15, 0.2) is 0 Å². The molecule has 0 fully saturated rings. The highest BCUT2D eigenvalue weighted by molar-refractivity contribution is 6.12. The van der Waals surface area contributed by atoms with E-state index in [0.29, 0.717) is 0 Å². The molecule has 0 amide bonds. The summed E-state index contributed by atoms with van der Waals surface area (Å²) in [6.45, 7) is 4.76. The molecule has 10 aromatic carbocycles. The summed E-state index contributed by atoms with van der Waals surface area (Å²) in [4.78, 5) is 2.55. The zero-order valence-corrected chi connectivity index (χ0v) is 36.1. The summed E-state index contributed by atoms with van der Waals surface area (Å²) in [6.07, 6.45) is 0. The molecule has 14 rings (SSSR count). The second kappa shape index (κ2) is 13.2. The Morgan fingerprint density at radius 2 is 1.00 bits per heavy atom. The lowest BCUT2D eigenvalue weighted by Gasteiger charge is -2.39. The predicted molar refractivity (Wildman–Crippen MR) is 268 cm³/mol. The van der Waals surface area contributed by atoms with Crippen LogP contribution in [0.1, 0.15) is 47.2 Å². The van der Waals surface area contributed by atoms with Crippen LogP contribution in [0.15, 0.2) is 218 Å². The van der Waals surface area contributed by atoms with Crippen LogP contribution in [0.2, 0.25) is 0 Å². The van der Waals surface area contributed by atoms with Crippen molar-refractivity contribution >= 4 is 49.6 Å². The van der Waals surface area contributed by atoms with Gasteiger partial charge in [-0.05, 0) is 116 Å². The summed E-state index contributed by atoms with van der Waals surface area (Å²) in [5.74, 6) is 1.78. The topological polar surface area (TPSA) is 17.4 Å². The second-order valence-corrected chi connectivity index (χ2v) is 18.4. The molecular weight excluding hydrogens is 789 g/mol. The van der Waals surface area contributed by atoms with Crippen LogP contribution < -0.4 is 9.64 Å². The Kier molecular flexibility index (Phi) is 7.38. The molecule has 2 heterocycles. The highest BCUT2D eigenvalue weighted by atomic mass is 16.5. The van der Waals surface area contributed by atoms with Crippen molar-refractivity contribution in [3.8, 4) is 39.4 Å². The van der Waals surface area contributed by atoms with Gasteiger partial charge in [-0.3, -0.25) is 0 Å². The van der Waals surface area contributed by atoms with Crippen LogP contribution in [0, 0.1) is 0 Å². The highest BCUT2D eigenvalue weighted by Gasteiger charge is 2.52. The fourth-order valence-electron chi connectivity index (χ4n) is 12.1. The average Bonchev–Trinajstić information content (AvgIpc) is 3.93. The molecule has 0 unspecified atom stereocenters. The van der Waals surface area contributed by atoms with Crippen LogP contribution in [0.25, 0.3) is 60.5 Å². The van der Waals surface area contributed by atoms with Crippen LogP contribution in [0.5, 0.6) is 11.5 Å². The number of para-hydroxylation sites is 4. The standard InChI is InChI=1S/C62H42N2O/c1-61(2)48-23-10-8-21-44(48)45-34-32-42(38-53(45)61)63(41-33-36-55-47(37-41)46-22-9-13-27-54(46)64(55)40-18-4-3-5-19-40)56-28-16-26-51-60(56)59-43-20-7-6-17-39(43)31-35-52(59)62(51)49-24-11-14-29-57(49)65-58-30-15-12-25-50(58)62/h3-38H,1-2H3. The molecule has 0 bridgehead atoms. The molecule has 0 saturated carbocycles. The van der Waals surface area contributed by atoms with Crippen molar-refractivity contribution < 1.29 is 4.74 Å². The lowest BCUT2D eigenvalue weighted by Crippen LogP contribution is -2.32. The third kappa shape index (κ3) is 4.79. The Balaban J connectivity index is 1.11. The quantitative estimate of drug-likeness (QED) is 0.176. The highest BCUT2D eigenvalue weighted by Crippen LogP contribution is 2.65. The van der Waals surface area contributed by atoms with E-state index in [1.54, 1.807) is 0 Å². The fourth-order valence-corrected chi connectivity index (χ4v) is 12.1. The molecule has 1 aromatic heterocycles. The minimum absolute atomic E-state index is 0.179. The summed E-state index contributed by atoms with van der Waals surface area (Å²) in [6, 6.07) is 80.8. The molecule has 1 spiro atoms. The smallest absolute Gasteiger partial charge is 0.132 e. The van der Waals surface area contributed by atoms with E-state index in [0.717, 1.165) is 45.4 Å². The predicted octanol–water partition coefficient (Wildman–Crippen LogP) is 16.2. The van der Waals surface area contributed by atoms with Crippen LogP contribution in [0.3, 0.4) is 0 Å². The van der Waals surface area contributed by atoms with Crippen molar-refractivity contribution in [2.75, 3.05) is 4.90 Å². The van der Waals surface area contributed by atoms with E-state index < -0.39 is 5.41 Å². The van der Waals surface area contributed by atoms with Crippen LogP contribution >= 0.6 is 0 Å². The van der Waals surface area contributed by atoms with Gasteiger partial charge in [-0.1, -0.05) is 166 Å². The average molecular weight is 831 g/mol. The molecule has 0 atom stereocenters. The maximum absolute atomic E-state index is 6.78. The van der Waals surface area contributed by atoms with Crippen molar-refractivity contribution in [1.82, 2.24) is 4.57 Å². The first-order valence-corrected chi connectivity index (χ1v) is 22.7. The lowest BCUT2D eigenvalue weighted by atomic mass is 9.66. The first-order valence-electron chi connectivity index (χ1n) is 22.7. The largest absolute Gasteiger partial charge is 0.457 e. The molecule has 3 heteroatoms. The van der Waals surface area contributed by atoms with Gasteiger partial charge in [0, 0.05) is 49.9 Å². The van der Waals surface area contributed by atoms with Crippen molar-refractivity contribution in [2.45, 2.75) is 24.7 Å². The summed E-state index contributed by atoms with van der Waals surface area (Å²) in [7, 11) is 0. The van der Waals surface area contributed by atoms with Gasteiger partial charge in [-0.25, -0.2) is 0 Å². The van der Waals surface area contributed by atoms with Gasteiger partial charge in [-0.15, -0.1) is 0 Å². The van der Waals surface area contributed by atoms with Gasteiger partial charge in [0.25, 0.3) is 0 Å². The monoisotopic (exact) mass is 830 g/mol. The fraction of sp³-hybridized carbons (Fsp3) is 0.0645. The third-order valence-electron chi connectivity index (χ3n) is 14.8. The lowest BCUT2D eigenvalue weighted by molar-refractivity contribution is 0.436. The van der Waals surface area contributed by atoms with E-state index in [2.05, 4.69) is 242 Å². The number of fused-ring (bicyclic) bond motifs is 17. The minimum Gasteiger partial charge on any atom is -0.457 e. The first kappa shape index (κ1) is 36.4. The molecule has 3 nitrogen and oxygen atoms in total. The summed E-state index contributed by atoms with van der Waals surface area (Å²) in [5, 5.41) is 4.89. The summed E-state index contributed by atoms with van der Waals surface area (Å²) >= 11 is 0. The number of ether oxygens (including phenoxy) is 1. The molecule has 0 saturated heterocycles. The molecule has 0 radical (unpaired) electrons. The summed E-state index contributed by atoms with van der Waals surface area (Å²) < 4.78 is 9.19. The maximum Gasteiger partial charge on any atom is 0.132 e. The van der Waals surface area contributed by atoms with E-state index in [1.165, 1.54) is 77.1 Å². The van der Waals surface area contributed by atoms with Gasteiger partial charge in [0.1, 0.15) is 11.5 Å². The molecule has 0 N–H and O–H groups in total. The number of nitrogens with zero attached hydrogens (tertiary/aromatic N) is 2. The molecule has 2 aliphatic carbocycles. The first-order chi connectivity index (χ1) is 32.0. The number of rotatable bonds is 4. The Morgan fingerprint density at radius 3 is 1.82 bits per heavy atom. The summed E-state index contributed by atoms with van der Waals surface area (Å²) in [5.41, 5.74) is 18.7. The number of aromatic nitrogens is 1. The Morgan fingerprint density at radius 1 is 0.400 bits per heavy atom. The van der Waals surface area contributed by atoms with Gasteiger partial charge in [-0.2, -0.15) is 0 Å². The molecule has 65 heavy (non-hydrogen) atoms. The van der Waals surface area contributed by atoms with Gasteiger partial charge in [0.2, 0.25) is 0 Å². The van der Waals surface area contributed by atoms with E-state index in [-0.39, 0.29) is 5.41 Å². The van der Waals surface area contributed by atoms with Crippen molar-refractivity contribution in [2.24, 2.45) is 0 Å². The zero-order valence-electron chi connectivity index (χ0n) is 36.1. The Bertz CT molecular complexity index is 3750. The van der Waals surface area contributed by atoms with E-state index in [9.17, 15) is 0 Å². The minimum atomic E-state index is -0.629. The van der Waals surface area contributed by atoms with Gasteiger partial charge < -0.3 is 14.2 Å². The number of benzene rings is 10. The Labute approximate surface area is 378 Å². The van der Waals surface area contributed by atoms with Crippen LogP contribution in [-0.4, -0.2) is 4.57 Å². The number of hydrogen-bond donors (Lipinski definition) is 0. The molecule has 11 aromatic rings. The zero-order chi connectivity index (χ0) is 43.0. The molecule has 306 valence electrons. The third-order valence-corrected chi connectivity index (χ3v) is 14.8. The van der Waals surface area contributed by atoms with Crippen molar-refractivity contribution in [1.29, 1.82) is 0 Å². The van der Waals surface area contributed by atoms with E-state index in [4.69, 9.17) is 4.74 Å². The number of hydrogen-bond acceptors (Lipinski definition) is 2. The van der Waals surface area contributed by atoms with Crippen molar-refractivity contribution in [3.05, 3.63) is 252 Å². The molecule has 3 aliphatic rings. The molecule has 1 aliphatic heterocycles. The normalized spacial score (nSPS) is 14.4. The number of anilines is 3. The SMILES string of the molecule is CC1(C)c2ccccc2-c2ccc(N(c3ccc4c(c3)c3ccccc3n4-c3ccccc3)c3cccc4c3-c3c(ccc5ccccc35)C43c4ccccc4Oc4ccccc43)cc21.